The van der Waals surface area contributed by atoms with Crippen LogP contribution in [0.4, 0.5) is 0 Å². The van der Waals surface area contributed by atoms with Crippen LogP contribution in [0.3, 0.4) is 0 Å². The van der Waals surface area contributed by atoms with Gasteiger partial charge in [-0.15, -0.1) is 0 Å². The number of rotatable bonds is 4. The summed E-state index contributed by atoms with van der Waals surface area (Å²) < 4.78 is 2.68. The van der Waals surface area contributed by atoms with E-state index in [1.54, 1.807) is 7.05 Å². The van der Waals surface area contributed by atoms with Gasteiger partial charge in [-0.2, -0.15) is 5.10 Å². The van der Waals surface area contributed by atoms with Crippen LogP contribution in [0.1, 0.15) is 20.3 Å². The van der Waals surface area contributed by atoms with Crippen LogP contribution in [0.15, 0.2) is 11.1 Å². The fourth-order valence-corrected chi connectivity index (χ4v) is 1.18. The molecular formula is C9H17N3O2. The van der Waals surface area contributed by atoms with Crippen molar-refractivity contribution in [2.75, 3.05) is 0 Å². The molecule has 14 heavy (non-hydrogen) atoms. The molecule has 1 aromatic heterocycles. The second-order valence-corrected chi connectivity index (χ2v) is 3.66. The Morgan fingerprint density at radius 1 is 1.64 bits per heavy atom. The van der Waals surface area contributed by atoms with E-state index in [4.69, 9.17) is 0 Å². The number of aryl methyl sites for hydroxylation is 1. The fraction of sp³-hybridized carbons (Fsp3) is 0.778. The highest BCUT2D eigenvalue weighted by molar-refractivity contribution is 4.69. The van der Waals surface area contributed by atoms with Gasteiger partial charge < -0.3 is 5.11 Å². The van der Waals surface area contributed by atoms with Gasteiger partial charge in [-0.1, -0.05) is 20.3 Å². The Labute approximate surface area is 83.0 Å². The molecule has 2 atom stereocenters. The van der Waals surface area contributed by atoms with E-state index in [0.29, 0.717) is 0 Å². The zero-order chi connectivity index (χ0) is 10.7. The zero-order valence-corrected chi connectivity index (χ0v) is 8.84. The van der Waals surface area contributed by atoms with Gasteiger partial charge in [-0.3, -0.25) is 4.57 Å². The van der Waals surface area contributed by atoms with Crippen LogP contribution in [0, 0.1) is 5.92 Å². The number of hydrogen-bond acceptors (Lipinski definition) is 3. The van der Waals surface area contributed by atoms with E-state index < -0.39 is 6.10 Å². The lowest BCUT2D eigenvalue weighted by Crippen LogP contribution is -2.31. The standard InChI is InChI=1S/C9H17N3O2/c1-4-7(2)8(13)5-12-9(14)11(3)6-10-12/h6-8,13H,4-5H2,1-3H3. The number of aliphatic hydroxyl groups excluding tert-OH is 1. The fourth-order valence-electron chi connectivity index (χ4n) is 1.18. The predicted molar refractivity (Wildman–Crippen MR) is 52.9 cm³/mol. The third-order valence-electron chi connectivity index (χ3n) is 2.55. The Kier molecular flexibility index (Phi) is 3.46. The molecule has 1 rings (SSSR count). The van der Waals surface area contributed by atoms with Gasteiger partial charge in [0.05, 0.1) is 12.6 Å². The van der Waals surface area contributed by atoms with Gasteiger partial charge in [0.1, 0.15) is 6.33 Å². The quantitative estimate of drug-likeness (QED) is 0.742. The monoisotopic (exact) mass is 199 g/mol. The summed E-state index contributed by atoms with van der Waals surface area (Å²) in [4.78, 5) is 11.4. The molecule has 0 saturated carbocycles. The average molecular weight is 199 g/mol. The van der Waals surface area contributed by atoms with Crippen LogP contribution in [0.25, 0.3) is 0 Å². The van der Waals surface area contributed by atoms with Crippen molar-refractivity contribution in [3.63, 3.8) is 0 Å². The van der Waals surface area contributed by atoms with E-state index in [1.165, 1.54) is 15.6 Å². The molecule has 0 radical (unpaired) electrons. The Morgan fingerprint density at radius 2 is 2.29 bits per heavy atom. The van der Waals surface area contributed by atoms with Crippen LogP contribution < -0.4 is 5.69 Å². The maximum absolute atomic E-state index is 11.4. The minimum absolute atomic E-state index is 0.184. The summed E-state index contributed by atoms with van der Waals surface area (Å²) in [6, 6.07) is 0. The van der Waals surface area contributed by atoms with Crippen LogP contribution in [-0.4, -0.2) is 25.6 Å². The van der Waals surface area contributed by atoms with Crippen molar-refractivity contribution >= 4 is 0 Å². The van der Waals surface area contributed by atoms with Gasteiger partial charge in [0.2, 0.25) is 0 Å². The molecule has 0 aliphatic carbocycles. The first-order valence-electron chi connectivity index (χ1n) is 4.82. The van der Waals surface area contributed by atoms with Gasteiger partial charge in [0.15, 0.2) is 0 Å². The summed E-state index contributed by atoms with van der Waals surface area (Å²) in [6.45, 7) is 4.24. The lowest BCUT2D eigenvalue weighted by molar-refractivity contribution is 0.0915. The van der Waals surface area contributed by atoms with E-state index in [9.17, 15) is 9.90 Å². The molecule has 5 heteroatoms. The molecule has 0 bridgehead atoms. The second-order valence-electron chi connectivity index (χ2n) is 3.66. The van der Waals surface area contributed by atoms with Gasteiger partial charge in [-0.05, 0) is 5.92 Å². The minimum atomic E-state index is -0.507. The molecule has 0 saturated heterocycles. The smallest absolute Gasteiger partial charge is 0.345 e. The maximum atomic E-state index is 11.4. The molecule has 0 fully saturated rings. The zero-order valence-electron chi connectivity index (χ0n) is 8.84. The molecular weight excluding hydrogens is 182 g/mol. The summed E-state index contributed by atoms with van der Waals surface area (Å²) in [5, 5.41) is 13.6. The topological polar surface area (TPSA) is 60.0 Å². The highest BCUT2D eigenvalue weighted by atomic mass is 16.3. The first-order chi connectivity index (χ1) is 6.56. The molecule has 1 N–H and O–H groups in total. The van der Waals surface area contributed by atoms with Crippen molar-refractivity contribution in [3.8, 4) is 0 Å². The highest BCUT2D eigenvalue weighted by Gasteiger charge is 2.14. The first-order valence-corrected chi connectivity index (χ1v) is 4.82. The Bertz CT molecular complexity index is 342. The van der Waals surface area contributed by atoms with Crippen molar-refractivity contribution in [2.45, 2.75) is 32.9 Å². The Balaban J connectivity index is 2.69. The van der Waals surface area contributed by atoms with Crippen molar-refractivity contribution < 1.29 is 5.11 Å². The van der Waals surface area contributed by atoms with Gasteiger partial charge in [0.25, 0.3) is 0 Å². The van der Waals surface area contributed by atoms with Crippen molar-refractivity contribution in [3.05, 3.63) is 16.8 Å². The van der Waals surface area contributed by atoms with Crippen molar-refractivity contribution in [2.24, 2.45) is 13.0 Å². The Hall–Kier alpha value is -1.10. The van der Waals surface area contributed by atoms with Crippen LogP contribution in [-0.2, 0) is 13.6 Å². The van der Waals surface area contributed by atoms with Crippen LogP contribution in [0.2, 0.25) is 0 Å². The van der Waals surface area contributed by atoms with E-state index in [-0.39, 0.29) is 18.2 Å². The third-order valence-corrected chi connectivity index (χ3v) is 2.55. The summed E-state index contributed by atoms with van der Waals surface area (Å²) in [6.07, 6.45) is 1.83. The number of nitrogens with zero attached hydrogens (tertiary/aromatic N) is 3. The first kappa shape index (κ1) is 11.0. The van der Waals surface area contributed by atoms with Gasteiger partial charge in [-0.25, -0.2) is 9.48 Å². The molecule has 80 valence electrons. The highest BCUT2D eigenvalue weighted by Crippen LogP contribution is 2.07. The van der Waals surface area contributed by atoms with E-state index in [0.717, 1.165) is 6.42 Å². The Morgan fingerprint density at radius 3 is 2.71 bits per heavy atom. The largest absolute Gasteiger partial charge is 0.391 e. The lowest BCUT2D eigenvalue weighted by atomic mass is 10.0. The van der Waals surface area contributed by atoms with Crippen molar-refractivity contribution in [1.29, 1.82) is 0 Å². The predicted octanol–water partition coefficient (Wildman–Crippen LogP) is -0.0112. The third kappa shape index (κ3) is 2.23. The summed E-state index contributed by atoms with van der Waals surface area (Å²) >= 11 is 0. The molecule has 0 aliphatic heterocycles. The molecule has 1 aromatic rings. The number of aliphatic hydroxyl groups is 1. The number of hydrogen-bond donors (Lipinski definition) is 1. The molecule has 0 amide bonds. The number of aromatic nitrogens is 3. The van der Waals surface area contributed by atoms with Gasteiger partial charge >= 0.3 is 5.69 Å². The normalized spacial score (nSPS) is 15.4. The molecule has 0 spiro atoms. The van der Waals surface area contributed by atoms with Crippen LogP contribution >= 0.6 is 0 Å². The van der Waals surface area contributed by atoms with Crippen LogP contribution in [0.5, 0.6) is 0 Å². The molecule has 5 nitrogen and oxygen atoms in total. The minimum Gasteiger partial charge on any atom is -0.391 e. The molecule has 0 aromatic carbocycles. The SMILES string of the molecule is CCC(C)C(O)Cn1ncn(C)c1=O. The lowest BCUT2D eigenvalue weighted by Gasteiger charge is -2.15. The molecule has 0 aliphatic rings. The van der Waals surface area contributed by atoms with E-state index in [2.05, 4.69) is 5.10 Å². The molecule has 2 unspecified atom stereocenters. The molecule has 1 heterocycles. The van der Waals surface area contributed by atoms with Crippen molar-refractivity contribution in [1.82, 2.24) is 14.3 Å². The summed E-state index contributed by atoms with van der Waals surface area (Å²) in [7, 11) is 1.64. The average Bonchev–Trinajstić information content (AvgIpc) is 2.48. The summed E-state index contributed by atoms with van der Waals surface area (Å²) in [5.74, 6) is 0.184. The second kappa shape index (κ2) is 4.41. The summed E-state index contributed by atoms with van der Waals surface area (Å²) in [5.41, 5.74) is -0.188. The van der Waals surface area contributed by atoms with Gasteiger partial charge in [0, 0.05) is 7.05 Å². The van der Waals surface area contributed by atoms with E-state index >= 15 is 0 Å². The van der Waals surface area contributed by atoms with E-state index in [1.807, 2.05) is 13.8 Å². The maximum Gasteiger partial charge on any atom is 0.345 e.